The number of aliphatic hydroxyl groups is 1. The molecule has 3 fully saturated rings. The Morgan fingerprint density at radius 1 is 1.20 bits per heavy atom. The Labute approximate surface area is 178 Å². The van der Waals surface area contributed by atoms with Gasteiger partial charge in [-0.3, -0.25) is 14.4 Å². The first-order valence-electron chi connectivity index (χ1n) is 11.5. The molecule has 30 heavy (non-hydrogen) atoms. The summed E-state index contributed by atoms with van der Waals surface area (Å²) >= 11 is 0. The Morgan fingerprint density at radius 2 is 2.00 bits per heavy atom. The summed E-state index contributed by atoms with van der Waals surface area (Å²) in [5.41, 5.74) is 1.12. The van der Waals surface area contributed by atoms with Crippen molar-refractivity contribution in [1.82, 2.24) is 25.2 Å². The molecule has 1 aliphatic carbocycles. The first-order valence-corrected chi connectivity index (χ1v) is 11.5. The quantitative estimate of drug-likeness (QED) is 0.636. The van der Waals surface area contributed by atoms with Gasteiger partial charge in [0.05, 0.1) is 44.2 Å². The first-order chi connectivity index (χ1) is 14.7. The Hall–Kier alpha value is -1.55. The van der Waals surface area contributed by atoms with E-state index in [0.29, 0.717) is 25.7 Å². The highest BCUT2D eigenvalue weighted by molar-refractivity contribution is 5.78. The lowest BCUT2D eigenvalue weighted by Gasteiger charge is -2.36. The number of nitrogens with zero attached hydrogens (tertiary/aromatic N) is 4. The molecule has 2 saturated heterocycles. The Bertz CT molecular complexity index is 672. The monoisotopic (exact) mass is 421 g/mol. The number of rotatable bonds is 8. The lowest BCUT2D eigenvalue weighted by atomic mass is 9.97. The second-order valence-corrected chi connectivity index (χ2v) is 8.80. The molecule has 1 amide bonds. The van der Waals surface area contributed by atoms with E-state index in [1.165, 1.54) is 25.7 Å². The van der Waals surface area contributed by atoms with Crippen LogP contribution in [0.1, 0.15) is 56.6 Å². The molecule has 1 aromatic heterocycles. The van der Waals surface area contributed by atoms with Gasteiger partial charge in [-0.1, -0.05) is 18.1 Å². The fourth-order valence-electron chi connectivity index (χ4n) is 4.83. The van der Waals surface area contributed by atoms with Crippen molar-refractivity contribution in [3.05, 3.63) is 11.9 Å². The summed E-state index contributed by atoms with van der Waals surface area (Å²) in [5, 5.41) is 21.5. The average Bonchev–Trinajstić information content (AvgIpc) is 3.45. The maximum Gasteiger partial charge on any atom is 0.234 e. The zero-order valence-electron chi connectivity index (χ0n) is 17.7. The molecule has 0 aromatic carbocycles. The van der Waals surface area contributed by atoms with Crippen molar-refractivity contribution in [3.63, 3.8) is 0 Å². The molecular weight excluding hydrogens is 386 g/mol. The number of hydrogen-bond donors (Lipinski definition) is 2. The molecule has 2 aliphatic heterocycles. The van der Waals surface area contributed by atoms with Gasteiger partial charge in [-0.05, 0) is 32.1 Å². The predicted molar refractivity (Wildman–Crippen MR) is 110 cm³/mol. The second-order valence-electron chi connectivity index (χ2n) is 8.80. The maximum atomic E-state index is 12.4. The summed E-state index contributed by atoms with van der Waals surface area (Å²) in [7, 11) is 0. The van der Waals surface area contributed by atoms with Crippen LogP contribution in [0.2, 0.25) is 0 Å². The van der Waals surface area contributed by atoms with Gasteiger partial charge in [-0.25, -0.2) is 0 Å². The van der Waals surface area contributed by atoms with E-state index in [1.807, 2.05) is 4.68 Å². The highest BCUT2D eigenvalue weighted by Crippen LogP contribution is 2.32. The number of aliphatic hydroxyl groups excluding tert-OH is 1. The number of amides is 1. The van der Waals surface area contributed by atoms with Crippen LogP contribution in [0.4, 0.5) is 0 Å². The van der Waals surface area contributed by atoms with Crippen molar-refractivity contribution in [2.45, 2.75) is 75.7 Å². The molecule has 0 spiro atoms. The van der Waals surface area contributed by atoms with Crippen LogP contribution >= 0.6 is 0 Å². The highest BCUT2D eigenvalue weighted by Gasteiger charge is 2.32. The van der Waals surface area contributed by atoms with E-state index < -0.39 is 0 Å². The van der Waals surface area contributed by atoms with Crippen LogP contribution in [0.5, 0.6) is 0 Å². The van der Waals surface area contributed by atoms with Gasteiger partial charge in [-0.2, -0.15) is 0 Å². The van der Waals surface area contributed by atoms with Crippen molar-refractivity contribution in [1.29, 1.82) is 0 Å². The van der Waals surface area contributed by atoms with Gasteiger partial charge < -0.3 is 19.9 Å². The standard InChI is InChI=1S/C21H35N5O4/c27-15-20-18(22-21(28)14-25-9-11-29-12-10-25)6-5-17(30-20)7-8-26-13-19(23-24-26)16-3-1-2-4-16/h13,16-18,20,27H,1-12,14-15H2,(H,22,28)/t17-,18-,20-/m1/s1. The molecule has 1 saturated carbocycles. The van der Waals surface area contributed by atoms with Crippen LogP contribution in [-0.4, -0.2) is 88.6 Å². The number of carbonyl (C=O) groups excluding carboxylic acids is 1. The van der Waals surface area contributed by atoms with E-state index in [1.54, 1.807) is 0 Å². The molecule has 3 heterocycles. The van der Waals surface area contributed by atoms with Crippen LogP contribution in [0.3, 0.4) is 0 Å². The number of aryl methyl sites for hydroxylation is 1. The van der Waals surface area contributed by atoms with Crippen LogP contribution < -0.4 is 5.32 Å². The minimum atomic E-state index is -0.359. The van der Waals surface area contributed by atoms with E-state index in [0.717, 1.165) is 44.6 Å². The molecule has 1 aromatic rings. The van der Waals surface area contributed by atoms with Gasteiger partial charge >= 0.3 is 0 Å². The molecule has 0 bridgehead atoms. The predicted octanol–water partition coefficient (Wildman–Crippen LogP) is 0.683. The van der Waals surface area contributed by atoms with E-state index in [4.69, 9.17) is 9.47 Å². The van der Waals surface area contributed by atoms with E-state index in [-0.39, 0.29) is 30.8 Å². The molecule has 0 radical (unpaired) electrons. The minimum Gasteiger partial charge on any atom is -0.394 e. The summed E-state index contributed by atoms with van der Waals surface area (Å²) in [6.45, 7) is 3.96. The summed E-state index contributed by atoms with van der Waals surface area (Å²) < 4.78 is 13.3. The first kappa shape index (κ1) is 21.7. The highest BCUT2D eigenvalue weighted by atomic mass is 16.5. The molecule has 3 atom stereocenters. The third-order valence-corrected chi connectivity index (χ3v) is 6.62. The Balaban J connectivity index is 1.20. The zero-order valence-corrected chi connectivity index (χ0v) is 17.7. The van der Waals surface area contributed by atoms with Gasteiger partial charge in [0.2, 0.25) is 5.91 Å². The third kappa shape index (κ3) is 5.78. The van der Waals surface area contributed by atoms with Gasteiger partial charge in [0.15, 0.2) is 0 Å². The smallest absolute Gasteiger partial charge is 0.234 e. The number of ether oxygens (including phenoxy) is 2. The molecular formula is C21H35N5O4. The van der Waals surface area contributed by atoms with Gasteiger partial charge in [0.25, 0.3) is 0 Å². The summed E-state index contributed by atoms with van der Waals surface area (Å²) in [6, 6.07) is -0.139. The van der Waals surface area contributed by atoms with Crippen LogP contribution in [0.15, 0.2) is 6.20 Å². The van der Waals surface area contributed by atoms with Crippen molar-refractivity contribution >= 4 is 5.91 Å². The topological polar surface area (TPSA) is 102 Å². The van der Waals surface area contributed by atoms with E-state index >= 15 is 0 Å². The Kier molecular flexibility index (Phi) is 7.70. The fraction of sp³-hybridized carbons (Fsp3) is 0.857. The second kappa shape index (κ2) is 10.7. The number of nitrogens with one attached hydrogen (secondary N) is 1. The van der Waals surface area contributed by atoms with Crippen LogP contribution in [-0.2, 0) is 20.8 Å². The normalized spacial score (nSPS) is 28.6. The van der Waals surface area contributed by atoms with Gasteiger partial charge in [0, 0.05) is 31.7 Å². The van der Waals surface area contributed by atoms with Crippen molar-refractivity contribution in [2.75, 3.05) is 39.5 Å². The maximum absolute atomic E-state index is 12.4. The molecule has 3 aliphatic rings. The van der Waals surface area contributed by atoms with Crippen molar-refractivity contribution in [3.8, 4) is 0 Å². The number of carbonyl (C=O) groups is 1. The largest absolute Gasteiger partial charge is 0.394 e. The SMILES string of the molecule is O=C(CN1CCOCC1)N[C@@H]1CC[C@H](CCn2cc(C3CCCC3)nn2)O[C@@H]1CO. The molecule has 0 unspecified atom stereocenters. The lowest BCUT2D eigenvalue weighted by molar-refractivity contribution is -0.130. The zero-order chi connectivity index (χ0) is 20.8. The fourth-order valence-corrected chi connectivity index (χ4v) is 4.83. The number of hydrogen-bond acceptors (Lipinski definition) is 7. The molecule has 4 rings (SSSR count). The van der Waals surface area contributed by atoms with E-state index in [2.05, 4.69) is 26.7 Å². The van der Waals surface area contributed by atoms with E-state index in [9.17, 15) is 9.90 Å². The van der Waals surface area contributed by atoms with Gasteiger partial charge in [-0.15, -0.1) is 5.10 Å². The summed E-state index contributed by atoms with van der Waals surface area (Å²) in [4.78, 5) is 14.5. The molecule has 9 heteroatoms. The van der Waals surface area contributed by atoms with Crippen LogP contribution in [0, 0.1) is 0 Å². The average molecular weight is 422 g/mol. The molecule has 168 valence electrons. The summed E-state index contributed by atoms with van der Waals surface area (Å²) in [5.74, 6) is 0.565. The summed E-state index contributed by atoms with van der Waals surface area (Å²) in [6.07, 6.45) is 9.33. The van der Waals surface area contributed by atoms with Gasteiger partial charge in [0.1, 0.15) is 6.10 Å². The van der Waals surface area contributed by atoms with Crippen molar-refractivity contribution < 1.29 is 19.4 Å². The number of aromatic nitrogens is 3. The molecule has 9 nitrogen and oxygen atoms in total. The molecule has 2 N–H and O–H groups in total. The van der Waals surface area contributed by atoms with Crippen LogP contribution in [0.25, 0.3) is 0 Å². The van der Waals surface area contributed by atoms with Crippen molar-refractivity contribution in [2.24, 2.45) is 0 Å². The minimum absolute atomic E-state index is 0.00976. The lowest BCUT2D eigenvalue weighted by Crippen LogP contribution is -2.53. The third-order valence-electron chi connectivity index (χ3n) is 6.62. The Morgan fingerprint density at radius 3 is 2.77 bits per heavy atom. The number of morpholine rings is 1.